The Bertz CT molecular complexity index is 1010. The van der Waals surface area contributed by atoms with Crippen LogP contribution < -0.4 is 11.1 Å². The lowest BCUT2D eigenvalue weighted by atomic mass is 10.1. The van der Waals surface area contributed by atoms with E-state index in [-0.39, 0.29) is 12.3 Å². The third-order valence-electron chi connectivity index (χ3n) is 3.98. The Hall–Kier alpha value is -2.94. The number of benzene rings is 1. The number of hydrogen-bond donors (Lipinski definition) is 2. The number of primary amides is 1. The summed E-state index contributed by atoms with van der Waals surface area (Å²) in [6.07, 6.45) is 2.03. The van der Waals surface area contributed by atoms with Crippen molar-refractivity contribution in [3.05, 3.63) is 46.8 Å². The first-order valence-electron chi connectivity index (χ1n) is 7.85. The van der Waals surface area contributed by atoms with E-state index < -0.39 is 5.91 Å². The fourth-order valence-electron chi connectivity index (χ4n) is 2.65. The zero-order valence-corrected chi connectivity index (χ0v) is 15.4. The number of anilines is 1. The fourth-order valence-corrected chi connectivity index (χ4v) is 2.98. The fraction of sp³-hybridized carbons (Fsp3) is 0.235. The van der Waals surface area contributed by atoms with E-state index in [2.05, 4.69) is 20.4 Å². The standard InChI is InChI=1S/C17H18N6O2S/c1-9-13(10(2)23-16(19-9)21-17(22-23)26-3)8-14(24)20-12-6-4-5-11(7-12)15(18)25/h4-7H,8H2,1-3H3,(H2,18,25)(H,20,24). The van der Waals surface area contributed by atoms with Gasteiger partial charge in [-0.2, -0.15) is 4.98 Å². The maximum Gasteiger partial charge on any atom is 0.253 e. The van der Waals surface area contributed by atoms with E-state index in [1.807, 2.05) is 20.1 Å². The average Bonchev–Trinajstić information content (AvgIpc) is 3.02. The summed E-state index contributed by atoms with van der Waals surface area (Å²) in [5, 5.41) is 7.79. The smallest absolute Gasteiger partial charge is 0.253 e. The summed E-state index contributed by atoms with van der Waals surface area (Å²) in [6, 6.07) is 6.51. The average molecular weight is 370 g/mol. The third kappa shape index (κ3) is 3.52. The van der Waals surface area contributed by atoms with Gasteiger partial charge in [-0.15, -0.1) is 5.10 Å². The predicted molar refractivity (Wildman–Crippen MR) is 99.3 cm³/mol. The predicted octanol–water partition coefficient (Wildman–Crippen LogP) is 1.74. The van der Waals surface area contributed by atoms with Crippen molar-refractivity contribution >= 4 is 35.0 Å². The summed E-state index contributed by atoms with van der Waals surface area (Å²) in [5.41, 5.74) is 8.46. The minimum atomic E-state index is -0.543. The largest absolute Gasteiger partial charge is 0.366 e. The highest BCUT2D eigenvalue weighted by Gasteiger charge is 2.16. The van der Waals surface area contributed by atoms with Crippen LogP contribution in [0.3, 0.4) is 0 Å². The normalized spacial score (nSPS) is 10.9. The SMILES string of the molecule is CSc1nc2nc(C)c(CC(=O)Nc3cccc(C(N)=O)c3)c(C)n2n1. The Morgan fingerprint density at radius 1 is 1.27 bits per heavy atom. The minimum absolute atomic E-state index is 0.135. The van der Waals surface area contributed by atoms with Gasteiger partial charge < -0.3 is 11.1 Å². The second-order valence-corrected chi connectivity index (χ2v) is 6.51. The van der Waals surface area contributed by atoms with Crippen LogP contribution in [0.15, 0.2) is 29.4 Å². The van der Waals surface area contributed by atoms with E-state index in [4.69, 9.17) is 5.73 Å². The molecule has 3 aromatic rings. The Kier molecular flexibility index (Phi) is 4.90. The van der Waals surface area contributed by atoms with Gasteiger partial charge in [0.1, 0.15) is 0 Å². The van der Waals surface area contributed by atoms with Gasteiger partial charge in [0.2, 0.25) is 17.0 Å². The molecule has 26 heavy (non-hydrogen) atoms. The minimum Gasteiger partial charge on any atom is -0.366 e. The number of carbonyl (C=O) groups is 2. The molecular weight excluding hydrogens is 352 g/mol. The van der Waals surface area contributed by atoms with Crippen molar-refractivity contribution in [3.8, 4) is 0 Å². The summed E-state index contributed by atoms with van der Waals surface area (Å²) in [4.78, 5) is 32.5. The molecule has 0 aliphatic rings. The van der Waals surface area contributed by atoms with E-state index in [1.165, 1.54) is 11.8 Å². The van der Waals surface area contributed by atoms with Crippen LogP contribution in [-0.2, 0) is 11.2 Å². The van der Waals surface area contributed by atoms with Gasteiger partial charge in [0, 0.05) is 28.2 Å². The first-order chi connectivity index (χ1) is 12.4. The zero-order valence-electron chi connectivity index (χ0n) is 14.6. The van der Waals surface area contributed by atoms with Gasteiger partial charge in [-0.25, -0.2) is 9.50 Å². The van der Waals surface area contributed by atoms with Crippen LogP contribution in [0.25, 0.3) is 5.78 Å². The molecule has 0 saturated carbocycles. The molecule has 134 valence electrons. The number of carbonyl (C=O) groups excluding carboxylic acids is 2. The number of amides is 2. The summed E-state index contributed by atoms with van der Waals surface area (Å²) in [5.74, 6) is -0.245. The highest BCUT2D eigenvalue weighted by atomic mass is 32.2. The highest BCUT2D eigenvalue weighted by molar-refractivity contribution is 7.98. The van der Waals surface area contributed by atoms with Crippen molar-refractivity contribution < 1.29 is 9.59 Å². The van der Waals surface area contributed by atoms with Gasteiger partial charge in [0.15, 0.2) is 0 Å². The number of hydrogen-bond acceptors (Lipinski definition) is 6. The van der Waals surface area contributed by atoms with Gasteiger partial charge in [0.05, 0.1) is 6.42 Å². The monoisotopic (exact) mass is 370 g/mol. The lowest BCUT2D eigenvalue weighted by Gasteiger charge is -2.11. The van der Waals surface area contributed by atoms with Gasteiger partial charge in [-0.1, -0.05) is 17.8 Å². The molecule has 3 N–H and O–H groups in total. The highest BCUT2D eigenvalue weighted by Crippen LogP contribution is 2.18. The van der Waals surface area contributed by atoms with E-state index >= 15 is 0 Å². The number of fused-ring (bicyclic) bond motifs is 1. The van der Waals surface area contributed by atoms with E-state index in [9.17, 15) is 9.59 Å². The number of rotatable bonds is 5. The van der Waals surface area contributed by atoms with Crippen LogP contribution >= 0.6 is 11.8 Å². The quantitative estimate of drug-likeness (QED) is 0.661. The first kappa shape index (κ1) is 17.9. The molecule has 0 aliphatic carbocycles. The molecule has 0 spiro atoms. The molecule has 0 fully saturated rings. The summed E-state index contributed by atoms with van der Waals surface area (Å²) < 4.78 is 1.65. The molecule has 0 saturated heterocycles. The van der Waals surface area contributed by atoms with Crippen LogP contribution in [0.2, 0.25) is 0 Å². The lowest BCUT2D eigenvalue weighted by Crippen LogP contribution is -2.18. The van der Waals surface area contributed by atoms with E-state index in [1.54, 1.807) is 28.8 Å². The Labute approximate surface area is 154 Å². The number of thioether (sulfide) groups is 1. The molecule has 0 bridgehead atoms. The number of aromatic nitrogens is 4. The van der Waals surface area contributed by atoms with Crippen LogP contribution in [0.1, 0.15) is 27.3 Å². The first-order valence-corrected chi connectivity index (χ1v) is 9.08. The number of nitrogens with two attached hydrogens (primary N) is 1. The molecule has 1 aromatic carbocycles. The molecular formula is C17H18N6O2S. The lowest BCUT2D eigenvalue weighted by molar-refractivity contribution is -0.115. The Morgan fingerprint density at radius 3 is 2.73 bits per heavy atom. The Balaban J connectivity index is 1.85. The molecule has 0 unspecified atom stereocenters. The number of nitrogens with zero attached hydrogens (tertiary/aromatic N) is 4. The Morgan fingerprint density at radius 2 is 2.04 bits per heavy atom. The van der Waals surface area contributed by atoms with E-state index in [0.717, 1.165) is 17.0 Å². The summed E-state index contributed by atoms with van der Waals surface area (Å²) >= 11 is 1.43. The van der Waals surface area contributed by atoms with Crippen molar-refractivity contribution in [2.75, 3.05) is 11.6 Å². The van der Waals surface area contributed by atoms with Gasteiger partial charge >= 0.3 is 0 Å². The van der Waals surface area contributed by atoms with Crippen molar-refractivity contribution in [1.82, 2.24) is 19.6 Å². The van der Waals surface area contributed by atoms with Gasteiger partial charge in [-0.05, 0) is 38.3 Å². The molecule has 8 nitrogen and oxygen atoms in total. The topological polar surface area (TPSA) is 115 Å². The molecule has 3 rings (SSSR count). The van der Waals surface area contributed by atoms with Crippen molar-refractivity contribution in [2.45, 2.75) is 25.4 Å². The molecule has 9 heteroatoms. The second kappa shape index (κ2) is 7.12. The van der Waals surface area contributed by atoms with Crippen LogP contribution in [0, 0.1) is 13.8 Å². The summed E-state index contributed by atoms with van der Waals surface area (Å²) in [7, 11) is 0. The van der Waals surface area contributed by atoms with Gasteiger partial charge in [-0.3, -0.25) is 9.59 Å². The van der Waals surface area contributed by atoms with Gasteiger partial charge in [0.25, 0.3) is 5.78 Å². The third-order valence-corrected chi connectivity index (χ3v) is 4.52. The van der Waals surface area contributed by atoms with Crippen LogP contribution in [-0.4, -0.2) is 37.7 Å². The van der Waals surface area contributed by atoms with Crippen molar-refractivity contribution in [2.24, 2.45) is 5.73 Å². The molecule has 2 aromatic heterocycles. The van der Waals surface area contributed by atoms with Crippen molar-refractivity contribution in [3.63, 3.8) is 0 Å². The maximum absolute atomic E-state index is 12.5. The molecule has 2 amide bonds. The molecule has 0 aliphatic heterocycles. The van der Waals surface area contributed by atoms with Crippen LogP contribution in [0.4, 0.5) is 5.69 Å². The maximum atomic E-state index is 12.5. The summed E-state index contributed by atoms with van der Waals surface area (Å²) in [6.45, 7) is 3.73. The molecule has 0 radical (unpaired) electrons. The van der Waals surface area contributed by atoms with Crippen molar-refractivity contribution in [1.29, 1.82) is 0 Å². The molecule has 2 heterocycles. The number of nitrogens with one attached hydrogen (secondary N) is 1. The van der Waals surface area contributed by atoms with E-state index in [0.29, 0.717) is 22.2 Å². The molecule has 0 atom stereocenters. The number of aryl methyl sites for hydroxylation is 2. The second-order valence-electron chi connectivity index (χ2n) is 5.74. The van der Waals surface area contributed by atoms with Crippen LogP contribution in [0.5, 0.6) is 0 Å². The zero-order chi connectivity index (χ0) is 18.8.